The van der Waals surface area contributed by atoms with Crippen molar-refractivity contribution in [1.82, 2.24) is 14.9 Å². The fourth-order valence-corrected chi connectivity index (χ4v) is 1.26. The van der Waals surface area contributed by atoms with Crippen LogP contribution in [-0.4, -0.2) is 32.3 Å². The summed E-state index contributed by atoms with van der Waals surface area (Å²) in [7, 11) is 0. The largest absolute Gasteiger partial charge is 0.480 e. The van der Waals surface area contributed by atoms with Gasteiger partial charge in [0.15, 0.2) is 0 Å². The third-order valence-corrected chi connectivity index (χ3v) is 1.90. The standard InChI is InChI=1S/C11H17N3O4/c1-11(2,3)18-10(17)13-6-8-12-4-5-14(8)7-9(15)16/h4-5H,6-7H2,1-3H3,(H,13,17)(H,15,16). The number of imidazole rings is 1. The normalized spacial score (nSPS) is 11.1. The molecule has 0 saturated heterocycles. The third-order valence-electron chi connectivity index (χ3n) is 1.90. The lowest BCUT2D eigenvalue weighted by molar-refractivity contribution is -0.137. The van der Waals surface area contributed by atoms with Gasteiger partial charge < -0.3 is 19.7 Å². The molecule has 7 heteroatoms. The van der Waals surface area contributed by atoms with Gasteiger partial charge in [0.1, 0.15) is 18.0 Å². The molecule has 0 bridgehead atoms. The molecule has 1 aromatic heterocycles. The number of ether oxygens (including phenoxy) is 1. The smallest absolute Gasteiger partial charge is 0.408 e. The highest BCUT2D eigenvalue weighted by atomic mass is 16.6. The predicted molar refractivity (Wildman–Crippen MR) is 62.9 cm³/mol. The average Bonchev–Trinajstić information content (AvgIpc) is 2.58. The fraction of sp³-hybridized carbons (Fsp3) is 0.545. The van der Waals surface area contributed by atoms with Crippen LogP contribution in [0, 0.1) is 0 Å². The number of hydrogen-bond acceptors (Lipinski definition) is 4. The number of rotatable bonds is 4. The first-order valence-electron chi connectivity index (χ1n) is 5.46. The Hall–Kier alpha value is -2.05. The molecule has 0 saturated carbocycles. The van der Waals surface area contributed by atoms with Crippen molar-refractivity contribution >= 4 is 12.1 Å². The molecule has 0 aromatic carbocycles. The number of carbonyl (C=O) groups is 2. The van der Waals surface area contributed by atoms with E-state index in [4.69, 9.17) is 9.84 Å². The Kier molecular flexibility index (Phi) is 4.30. The number of alkyl carbamates (subject to hydrolysis) is 1. The number of aromatic nitrogens is 2. The van der Waals surface area contributed by atoms with Gasteiger partial charge in [-0.15, -0.1) is 0 Å². The number of nitrogens with zero attached hydrogens (tertiary/aromatic N) is 2. The molecule has 100 valence electrons. The van der Waals surface area contributed by atoms with Gasteiger partial charge in [-0.2, -0.15) is 0 Å². The molecule has 1 aromatic rings. The Morgan fingerprint density at radius 2 is 2.17 bits per heavy atom. The molecule has 1 heterocycles. The molecule has 0 aliphatic rings. The molecule has 7 nitrogen and oxygen atoms in total. The zero-order chi connectivity index (χ0) is 13.8. The summed E-state index contributed by atoms with van der Waals surface area (Å²) in [6.45, 7) is 5.22. The van der Waals surface area contributed by atoms with E-state index in [0.29, 0.717) is 5.82 Å². The van der Waals surface area contributed by atoms with E-state index in [1.807, 2.05) is 0 Å². The Bertz CT molecular complexity index is 434. The lowest BCUT2D eigenvalue weighted by Crippen LogP contribution is -2.33. The molecule has 0 fully saturated rings. The van der Waals surface area contributed by atoms with Crippen molar-refractivity contribution in [1.29, 1.82) is 0 Å². The van der Waals surface area contributed by atoms with Gasteiger partial charge in [-0.1, -0.05) is 0 Å². The first-order chi connectivity index (χ1) is 8.28. The van der Waals surface area contributed by atoms with E-state index in [-0.39, 0.29) is 13.1 Å². The van der Waals surface area contributed by atoms with Crippen LogP contribution in [0.15, 0.2) is 12.4 Å². The van der Waals surface area contributed by atoms with Crippen LogP contribution in [-0.2, 0) is 22.6 Å². The van der Waals surface area contributed by atoms with Crippen LogP contribution in [0.2, 0.25) is 0 Å². The summed E-state index contributed by atoms with van der Waals surface area (Å²) in [5.74, 6) is -0.505. The SMILES string of the molecule is CC(C)(C)OC(=O)NCc1nccn1CC(=O)O. The van der Waals surface area contributed by atoms with Gasteiger partial charge >= 0.3 is 12.1 Å². The number of nitrogens with one attached hydrogen (secondary N) is 1. The van der Waals surface area contributed by atoms with Crippen LogP contribution in [0.5, 0.6) is 0 Å². The van der Waals surface area contributed by atoms with Gasteiger partial charge in [0.05, 0.1) is 6.54 Å². The zero-order valence-electron chi connectivity index (χ0n) is 10.6. The molecule has 0 spiro atoms. The fourth-order valence-electron chi connectivity index (χ4n) is 1.26. The van der Waals surface area contributed by atoms with Crippen molar-refractivity contribution in [2.45, 2.75) is 39.5 Å². The topological polar surface area (TPSA) is 93.5 Å². The summed E-state index contributed by atoms with van der Waals surface area (Å²) < 4.78 is 6.50. The molecule has 0 radical (unpaired) electrons. The lowest BCUT2D eigenvalue weighted by atomic mass is 10.2. The van der Waals surface area contributed by atoms with Crippen LogP contribution >= 0.6 is 0 Å². The van der Waals surface area contributed by atoms with Gasteiger partial charge in [-0.3, -0.25) is 4.79 Å². The summed E-state index contributed by atoms with van der Waals surface area (Å²) in [5, 5.41) is 11.2. The van der Waals surface area contributed by atoms with Gasteiger partial charge in [0.25, 0.3) is 0 Å². The number of carbonyl (C=O) groups excluding carboxylic acids is 1. The van der Waals surface area contributed by atoms with Crippen LogP contribution < -0.4 is 5.32 Å². The van der Waals surface area contributed by atoms with Gasteiger partial charge in [0.2, 0.25) is 0 Å². The highest BCUT2D eigenvalue weighted by molar-refractivity contribution is 5.68. The Morgan fingerprint density at radius 1 is 1.50 bits per heavy atom. The second-order valence-corrected chi connectivity index (χ2v) is 4.72. The van der Waals surface area contributed by atoms with E-state index in [9.17, 15) is 9.59 Å². The number of amides is 1. The van der Waals surface area contributed by atoms with E-state index in [1.54, 1.807) is 27.0 Å². The highest BCUT2D eigenvalue weighted by Crippen LogP contribution is 2.06. The van der Waals surface area contributed by atoms with Crippen molar-refractivity contribution in [3.63, 3.8) is 0 Å². The van der Waals surface area contributed by atoms with E-state index < -0.39 is 17.7 Å². The Morgan fingerprint density at radius 3 is 2.72 bits per heavy atom. The highest BCUT2D eigenvalue weighted by Gasteiger charge is 2.16. The Balaban J connectivity index is 2.51. The molecule has 1 rings (SSSR count). The van der Waals surface area contributed by atoms with Crippen molar-refractivity contribution in [2.24, 2.45) is 0 Å². The van der Waals surface area contributed by atoms with Crippen LogP contribution in [0.3, 0.4) is 0 Å². The minimum absolute atomic E-state index is 0.120. The molecule has 0 aliphatic carbocycles. The first-order valence-corrected chi connectivity index (χ1v) is 5.46. The number of carboxylic acid groups (broad SMARTS) is 1. The summed E-state index contributed by atoms with van der Waals surface area (Å²) in [6.07, 6.45) is 2.46. The average molecular weight is 255 g/mol. The summed E-state index contributed by atoms with van der Waals surface area (Å²) in [4.78, 5) is 26.0. The van der Waals surface area contributed by atoms with Crippen LogP contribution in [0.1, 0.15) is 26.6 Å². The van der Waals surface area contributed by atoms with E-state index in [0.717, 1.165) is 0 Å². The maximum atomic E-state index is 11.4. The van der Waals surface area contributed by atoms with Crippen LogP contribution in [0.4, 0.5) is 4.79 Å². The van der Waals surface area contributed by atoms with Gasteiger partial charge in [-0.25, -0.2) is 9.78 Å². The second-order valence-electron chi connectivity index (χ2n) is 4.72. The first kappa shape index (κ1) is 14.0. The lowest BCUT2D eigenvalue weighted by Gasteiger charge is -2.19. The van der Waals surface area contributed by atoms with Crippen molar-refractivity contribution < 1.29 is 19.4 Å². The molecular formula is C11H17N3O4. The van der Waals surface area contributed by atoms with E-state index in [1.165, 1.54) is 10.8 Å². The quantitative estimate of drug-likeness (QED) is 0.836. The molecular weight excluding hydrogens is 238 g/mol. The minimum atomic E-state index is -0.966. The molecule has 0 atom stereocenters. The molecule has 18 heavy (non-hydrogen) atoms. The molecule has 0 aliphatic heterocycles. The maximum Gasteiger partial charge on any atom is 0.408 e. The van der Waals surface area contributed by atoms with Crippen LogP contribution in [0.25, 0.3) is 0 Å². The van der Waals surface area contributed by atoms with Crippen molar-refractivity contribution in [3.8, 4) is 0 Å². The molecule has 2 N–H and O–H groups in total. The van der Waals surface area contributed by atoms with Crippen molar-refractivity contribution in [2.75, 3.05) is 0 Å². The van der Waals surface area contributed by atoms with Crippen molar-refractivity contribution in [3.05, 3.63) is 18.2 Å². The monoisotopic (exact) mass is 255 g/mol. The Labute approximate surface area is 105 Å². The minimum Gasteiger partial charge on any atom is -0.480 e. The summed E-state index contributed by atoms with van der Waals surface area (Å²) in [5.41, 5.74) is -0.569. The zero-order valence-corrected chi connectivity index (χ0v) is 10.6. The molecule has 0 unspecified atom stereocenters. The summed E-state index contributed by atoms with van der Waals surface area (Å²) in [6, 6.07) is 0. The third kappa shape index (κ3) is 4.86. The number of hydrogen-bond donors (Lipinski definition) is 2. The molecule has 1 amide bonds. The van der Waals surface area contributed by atoms with E-state index >= 15 is 0 Å². The van der Waals surface area contributed by atoms with E-state index in [2.05, 4.69) is 10.3 Å². The van der Waals surface area contributed by atoms with Gasteiger partial charge in [-0.05, 0) is 20.8 Å². The maximum absolute atomic E-state index is 11.4. The second kappa shape index (κ2) is 5.52. The summed E-state index contributed by atoms with van der Waals surface area (Å²) >= 11 is 0. The predicted octanol–water partition coefficient (Wildman–Crippen LogP) is 0.992. The van der Waals surface area contributed by atoms with Gasteiger partial charge in [0, 0.05) is 12.4 Å². The number of carboxylic acids is 1. The number of aliphatic carboxylic acids is 1.